The molecule has 0 fully saturated rings. The van der Waals surface area contributed by atoms with Crippen LogP contribution in [-0.2, 0) is 0 Å². The molecule has 3 N–H and O–H groups in total. The average Bonchev–Trinajstić information content (AvgIpc) is 3.12. The van der Waals surface area contributed by atoms with Gasteiger partial charge < -0.3 is 20.7 Å². The molecule has 1 aromatic carbocycles. The van der Waals surface area contributed by atoms with Gasteiger partial charge in [-0.1, -0.05) is 11.3 Å². The first-order valence-electron chi connectivity index (χ1n) is 9.47. The van der Waals surface area contributed by atoms with Gasteiger partial charge in [-0.05, 0) is 53.0 Å². The van der Waals surface area contributed by atoms with Crippen LogP contribution in [0.5, 0.6) is 5.75 Å². The van der Waals surface area contributed by atoms with Crippen LogP contribution in [0.2, 0.25) is 0 Å². The third-order valence-corrected chi connectivity index (χ3v) is 4.65. The molecule has 0 spiro atoms. The number of nitrogens with zero attached hydrogens (tertiary/aromatic N) is 4. The highest BCUT2D eigenvalue weighted by molar-refractivity contribution is 7.19. The predicted octanol–water partition coefficient (Wildman–Crippen LogP) is 2.96. The molecule has 0 radical (unpaired) electrons. The number of carbonyl (C=O) groups is 1. The van der Waals surface area contributed by atoms with E-state index in [1.165, 1.54) is 35.9 Å². The van der Waals surface area contributed by atoms with Crippen LogP contribution in [0.25, 0.3) is 10.3 Å². The fourth-order valence-electron chi connectivity index (χ4n) is 2.32. The number of nitrogen functional groups attached to an aromatic ring is 1. The van der Waals surface area contributed by atoms with Crippen LogP contribution in [0.15, 0.2) is 30.7 Å². The number of anilines is 1. The Labute approximate surface area is 179 Å². The fraction of sp³-hybridized carbons (Fsp3) is 0.400. The zero-order valence-corrected chi connectivity index (χ0v) is 18.4. The molecule has 2 heterocycles. The lowest BCUT2D eigenvalue weighted by atomic mass is 10.3. The van der Waals surface area contributed by atoms with E-state index < -0.39 is 0 Å². The van der Waals surface area contributed by atoms with Gasteiger partial charge in [0.2, 0.25) is 0 Å². The van der Waals surface area contributed by atoms with Crippen LogP contribution < -0.4 is 15.8 Å². The van der Waals surface area contributed by atoms with Gasteiger partial charge in [0.15, 0.2) is 5.01 Å². The largest absolute Gasteiger partial charge is 0.489 e. The second-order valence-electron chi connectivity index (χ2n) is 6.99. The zero-order valence-electron chi connectivity index (χ0n) is 17.6. The Hall–Kier alpha value is -2.85. The second-order valence-corrected chi connectivity index (χ2v) is 7.97. The number of fused-ring (bicyclic) bond motifs is 1. The molecule has 0 bridgehead atoms. The lowest BCUT2D eigenvalue weighted by Gasteiger charge is -2.11. The van der Waals surface area contributed by atoms with Gasteiger partial charge in [0.1, 0.15) is 28.2 Å². The Morgan fingerprint density at radius 2 is 2.13 bits per heavy atom. The molecular weight excluding hydrogens is 407 g/mol. The van der Waals surface area contributed by atoms with E-state index in [-0.39, 0.29) is 17.8 Å². The SMILES string of the molecule is CC(C)Oc1cc(F)ccc1N.CN(C)CCCNC(=O)c1nc2cncnc2s1. The molecule has 0 aliphatic heterocycles. The summed E-state index contributed by atoms with van der Waals surface area (Å²) < 4.78 is 17.9. The fourth-order valence-corrected chi connectivity index (χ4v) is 3.12. The number of amides is 1. The average molecular weight is 435 g/mol. The van der Waals surface area contributed by atoms with Crippen molar-refractivity contribution in [1.82, 2.24) is 25.2 Å². The van der Waals surface area contributed by atoms with E-state index in [2.05, 4.69) is 25.2 Å². The van der Waals surface area contributed by atoms with Gasteiger partial charge in [-0.3, -0.25) is 4.79 Å². The number of nitrogens with one attached hydrogen (secondary N) is 1. The normalized spacial score (nSPS) is 10.8. The van der Waals surface area contributed by atoms with Crippen LogP contribution in [-0.4, -0.2) is 59.0 Å². The van der Waals surface area contributed by atoms with Crippen LogP contribution in [0, 0.1) is 5.82 Å². The summed E-state index contributed by atoms with van der Waals surface area (Å²) in [5, 5.41) is 3.29. The van der Waals surface area contributed by atoms with E-state index in [4.69, 9.17) is 10.5 Å². The number of hydrogen-bond donors (Lipinski definition) is 2. The van der Waals surface area contributed by atoms with E-state index in [1.807, 2.05) is 27.9 Å². The molecule has 30 heavy (non-hydrogen) atoms. The highest BCUT2D eigenvalue weighted by atomic mass is 32.1. The Bertz CT molecular complexity index is 930. The summed E-state index contributed by atoms with van der Waals surface area (Å²) in [5.74, 6) is -0.0680. The van der Waals surface area contributed by atoms with Gasteiger partial charge in [-0.25, -0.2) is 19.3 Å². The van der Waals surface area contributed by atoms with Crippen molar-refractivity contribution in [2.45, 2.75) is 26.4 Å². The summed E-state index contributed by atoms with van der Waals surface area (Å²) in [6.07, 6.45) is 4.00. The molecule has 3 aromatic rings. The number of thiazole rings is 1. The number of benzene rings is 1. The quantitative estimate of drug-likeness (QED) is 0.435. The van der Waals surface area contributed by atoms with Gasteiger partial charge >= 0.3 is 0 Å². The number of nitrogens with two attached hydrogens (primary N) is 1. The number of ether oxygens (including phenoxy) is 1. The topological polar surface area (TPSA) is 106 Å². The van der Waals surface area contributed by atoms with Gasteiger partial charge in [0.05, 0.1) is 18.0 Å². The van der Waals surface area contributed by atoms with Crippen LogP contribution in [0.1, 0.15) is 30.1 Å². The first-order valence-corrected chi connectivity index (χ1v) is 10.3. The first-order chi connectivity index (χ1) is 14.3. The van der Waals surface area contributed by atoms with Crippen molar-refractivity contribution in [2.24, 2.45) is 0 Å². The number of hydrogen-bond acceptors (Lipinski definition) is 8. The number of carbonyl (C=O) groups excluding carboxylic acids is 1. The molecule has 10 heteroatoms. The molecule has 3 rings (SSSR count). The standard InChI is InChI=1S/C11H15N5OS.C9H12FNO/c1-16(2)5-3-4-13-9(17)11-15-8-6-12-7-14-10(8)18-11;1-6(2)12-9-5-7(10)3-4-8(9)11/h6-7H,3-5H2,1-2H3,(H,13,17);3-6H,11H2,1-2H3. The monoisotopic (exact) mass is 434 g/mol. The Balaban J connectivity index is 0.000000232. The molecule has 2 aromatic heterocycles. The van der Waals surface area contributed by atoms with E-state index >= 15 is 0 Å². The maximum atomic E-state index is 12.7. The maximum absolute atomic E-state index is 12.7. The van der Waals surface area contributed by atoms with Crippen molar-refractivity contribution in [2.75, 3.05) is 32.9 Å². The minimum Gasteiger partial charge on any atom is -0.489 e. The zero-order chi connectivity index (χ0) is 22.1. The van der Waals surface area contributed by atoms with E-state index in [9.17, 15) is 9.18 Å². The molecular formula is C20H27FN6O2S. The first kappa shape index (κ1) is 23.4. The Morgan fingerprint density at radius 3 is 2.80 bits per heavy atom. The number of rotatable bonds is 7. The molecule has 0 atom stereocenters. The maximum Gasteiger partial charge on any atom is 0.280 e. The minimum atomic E-state index is -0.333. The Kier molecular flexibility index (Phi) is 8.88. The van der Waals surface area contributed by atoms with Crippen LogP contribution in [0.4, 0.5) is 10.1 Å². The molecule has 0 unspecified atom stereocenters. The summed E-state index contributed by atoms with van der Waals surface area (Å²) in [6, 6.07) is 4.09. The van der Waals surface area contributed by atoms with E-state index in [1.54, 1.807) is 6.20 Å². The molecule has 0 saturated heterocycles. The predicted molar refractivity (Wildman–Crippen MR) is 117 cm³/mol. The van der Waals surface area contributed by atoms with Gasteiger partial charge in [-0.2, -0.15) is 0 Å². The van der Waals surface area contributed by atoms with Gasteiger partial charge in [0.25, 0.3) is 5.91 Å². The molecule has 162 valence electrons. The van der Waals surface area contributed by atoms with Crippen molar-refractivity contribution in [3.8, 4) is 5.75 Å². The third-order valence-electron chi connectivity index (χ3n) is 3.67. The lowest BCUT2D eigenvalue weighted by molar-refractivity contribution is 0.0952. The van der Waals surface area contributed by atoms with Crippen LogP contribution >= 0.6 is 11.3 Å². The second kappa shape index (κ2) is 11.4. The van der Waals surface area contributed by atoms with Gasteiger partial charge in [-0.15, -0.1) is 0 Å². The van der Waals surface area contributed by atoms with E-state index in [0.717, 1.165) is 17.8 Å². The van der Waals surface area contributed by atoms with Crippen molar-refractivity contribution in [1.29, 1.82) is 0 Å². The number of halogens is 1. The van der Waals surface area contributed by atoms with Crippen LogP contribution in [0.3, 0.4) is 0 Å². The summed E-state index contributed by atoms with van der Waals surface area (Å²) in [7, 11) is 4.02. The molecule has 0 saturated carbocycles. The molecule has 0 aliphatic rings. The summed E-state index contributed by atoms with van der Waals surface area (Å²) in [4.78, 5) is 26.8. The summed E-state index contributed by atoms with van der Waals surface area (Å²) in [5.41, 5.74) is 6.68. The van der Waals surface area contributed by atoms with Crippen molar-refractivity contribution in [3.05, 3.63) is 41.5 Å². The van der Waals surface area contributed by atoms with Crippen molar-refractivity contribution >= 4 is 33.3 Å². The summed E-state index contributed by atoms with van der Waals surface area (Å²) >= 11 is 1.29. The minimum absolute atomic E-state index is 0.00843. The number of aromatic nitrogens is 3. The lowest BCUT2D eigenvalue weighted by Crippen LogP contribution is -2.26. The molecule has 1 amide bonds. The molecule has 0 aliphatic carbocycles. The van der Waals surface area contributed by atoms with Gasteiger partial charge in [0, 0.05) is 12.6 Å². The third kappa shape index (κ3) is 7.53. The highest BCUT2D eigenvalue weighted by Gasteiger charge is 2.12. The summed E-state index contributed by atoms with van der Waals surface area (Å²) in [6.45, 7) is 5.33. The smallest absolute Gasteiger partial charge is 0.280 e. The highest BCUT2D eigenvalue weighted by Crippen LogP contribution is 2.22. The van der Waals surface area contributed by atoms with Crippen molar-refractivity contribution in [3.63, 3.8) is 0 Å². The Morgan fingerprint density at radius 1 is 1.37 bits per heavy atom. The van der Waals surface area contributed by atoms with Crippen molar-refractivity contribution < 1.29 is 13.9 Å². The van der Waals surface area contributed by atoms with E-state index in [0.29, 0.717) is 28.5 Å². The molecule has 8 nitrogen and oxygen atoms in total.